The topological polar surface area (TPSA) is 40.7 Å². The zero-order chi connectivity index (χ0) is 12.5. The predicted octanol–water partition coefficient (Wildman–Crippen LogP) is 3.44. The number of imidazole rings is 1. The first-order chi connectivity index (χ1) is 8.79. The number of hydrogen-bond donors (Lipinski definition) is 2. The maximum atomic E-state index is 4.80. The zero-order valence-electron chi connectivity index (χ0n) is 10.3. The summed E-state index contributed by atoms with van der Waals surface area (Å²) in [7, 11) is 1.97. The number of rotatable bonds is 4. The molecule has 0 saturated heterocycles. The molecule has 1 aromatic carbocycles. The molecule has 2 N–H and O–H groups in total. The van der Waals surface area contributed by atoms with Crippen molar-refractivity contribution in [2.45, 2.75) is 25.3 Å². The molecule has 0 aliphatic heterocycles. The van der Waals surface area contributed by atoms with Crippen molar-refractivity contribution in [2.24, 2.45) is 0 Å². The van der Waals surface area contributed by atoms with Gasteiger partial charge in [-0.15, -0.1) is 0 Å². The van der Waals surface area contributed by atoms with E-state index in [1.54, 1.807) is 0 Å². The van der Waals surface area contributed by atoms with Crippen LogP contribution < -0.4 is 5.32 Å². The molecule has 0 radical (unpaired) electrons. The molecule has 0 unspecified atom stereocenters. The first kappa shape index (κ1) is 11.9. The van der Waals surface area contributed by atoms with Crippen LogP contribution >= 0.6 is 15.9 Å². The summed E-state index contributed by atoms with van der Waals surface area (Å²) in [5.74, 6) is 1.63. The molecule has 1 fully saturated rings. The predicted molar refractivity (Wildman–Crippen MR) is 76.5 cm³/mol. The first-order valence-corrected chi connectivity index (χ1v) is 7.07. The van der Waals surface area contributed by atoms with E-state index in [-0.39, 0.29) is 0 Å². The number of aromatic nitrogens is 2. The third kappa shape index (κ3) is 2.22. The van der Waals surface area contributed by atoms with E-state index in [2.05, 4.69) is 32.3 Å². The molecular weight excluding hydrogens is 290 g/mol. The van der Waals surface area contributed by atoms with Crippen molar-refractivity contribution in [3.8, 4) is 11.4 Å². The van der Waals surface area contributed by atoms with Crippen molar-refractivity contribution in [2.75, 3.05) is 7.05 Å². The molecule has 0 atom stereocenters. The second kappa shape index (κ2) is 4.86. The molecule has 0 amide bonds. The molecule has 3 rings (SSSR count). The van der Waals surface area contributed by atoms with Crippen LogP contribution in [0.15, 0.2) is 28.7 Å². The van der Waals surface area contributed by atoms with Gasteiger partial charge in [0.2, 0.25) is 0 Å². The monoisotopic (exact) mass is 305 g/mol. The number of benzene rings is 1. The van der Waals surface area contributed by atoms with E-state index in [0.717, 1.165) is 22.4 Å². The van der Waals surface area contributed by atoms with Gasteiger partial charge in [-0.3, -0.25) is 0 Å². The highest BCUT2D eigenvalue weighted by molar-refractivity contribution is 9.10. The van der Waals surface area contributed by atoms with Crippen LogP contribution in [0.1, 0.15) is 30.1 Å². The number of nitrogens with one attached hydrogen (secondary N) is 2. The van der Waals surface area contributed by atoms with Gasteiger partial charge in [0, 0.05) is 22.5 Å². The lowest BCUT2D eigenvalue weighted by molar-refractivity contribution is 0.782. The molecule has 1 heterocycles. The molecule has 2 aromatic rings. The van der Waals surface area contributed by atoms with Crippen LogP contribution in [0, 0.1) is 0 Å². The summed E-state index contributed by atoms with van der Waals surface area (Å²) in [6.45, 7) is 0.850. The largest absolute Gasteiger partial charge is 0.341 e. The fraction of sp³-hybridized carbons (Fsp3) is 0.357. The fourth-order valence-electron chi connectivity index (χ4n) is 2.21. The van der Waals surface area contributed by atoms with Crippen LogP contribution in [0.4, 0.5) is 0 Å². The van der Waals surface area contributed by atoms with Gasteiger partial charge in [0.1, 0.15) is 5.82 Å². The Morgan fingerprint density at radius 2 is 2.17 bits per heavy atom. The van der Waals surface area contributed by atoms with E-state index >= 15 is 0 Å². The Balaban J connectivity index is 2.02. The van der Waals surface area contributed by atoms with Crippen LogP contribution in [0.5, 0.6) is 0 Å². The average molecular weight is 306 g/mol. The fourth-order valence-corrected chi connectivity index (χ4v) is 2.68. The van der Waals surface area contributed by atoms with Crippen molar-refractivity contribution in [1.29, 1.82) is 0 Å². The number of hydrogen-bond acceptors (Lipinski definition) is 2. The summed E-state index contributed by atoms with van der Waals surface area (Å²) in [5, 5.41) is 3.20. The average Bonchev–Trinajstić information content (AvgIpc) is 3.13. The molecule has 3 nitrogen and oxygen atoms in total. The molecule has 1 aliphatic carbocycles. The Labute approximate surface area is 115 Å². The Kier molecular flexibility index (Phi) is 3.22. The van der Waals surface area contributed by atoms with E-state index in [4.69, 9.17) is 4.98 Å². The summed E-state index contributed by atoms with van der Waals surface area (Å²) in [6, 6.07) is 8.19. The number of aromatic amines is 1. The van der Waals surface area contributed by atoms with Gasteiger partial charge in [0.15, 0.2) is 0 Å². The van der Waals surface area contributed by atoms with Gasteiger partial charge in [0.25, 0.3) is 0 Å². The highest BCUT2D eigenvalue weighted by atomic mass is 79.9. The van der Waals surface area contributed by atoms with Crippen molar-refractivity contribution in [1.82, 2.24) is 15.3 Å². The summed E-state index contributed by atoms with van der Waals surface area (Å²) in [5.41, 5.74) is 3.60. The van der Waals surface area contributed by atoms with Crippen LogP contribution in [0.25, 0.3) is 11.4 Å². The van der Waals surface area contributed by atoms with E-state index in [9.17, 15) is 0 Å². The lowest BCUT2D eigenvalue weighted by Crippen LogP contribution is -2.07. The summed E-state index contributed by atoms with van der Waals surface area (Å²) in [6.07, 6.45) is 2.55. The Morgan fingerprint density at radius 3 is 2.83 bits per heavy atom. The van der Waals surface area contributed by atoms with Crippen LogP contribution in [0.3, 0.4) is 0 Å². The second-order valence-corrected chi connectivity index (χ2v) is 5.59. The Morgan fingerprint density at radius 1 is 1.39 bits per heavy atom. The number of halogens is 1. The molecule has 94 valence electrons. The molecule has 0 bridgehead atoms. The van der Waals surface area contributed by atoms with Crippen molar-refractivity contribution >= 4 is 15.9 Å². The minimum Gasteiger partial charge on any atom is -0.341 e. The van der Waals surface area contributed by atoms with Crippen molar-refractivity contribution in [3.05, 3.63) is 40.1 Å². The normalized spacial score (nSPS) is 15.0. The third-order valence-corrected chi connectivity index (χ3v) is 3.95. The van der Waals surface area contributed by atoms with Gasteiger partial charge in [-0.2, -0.15) is 0 Å². The third-order valence-electron chi connectivity index (χ3n) is 3.26. The molecule has 0 spiro atoms. The van der Waals surface area contributed by atoms with Crippen LogP contribution in [-0.4, -0.2) is 17.0 Å². The lowest BCUT2D eigenvalue weighted by Gasteiger charge is -1.99. The minimum absolute atomic E-state index is 0.667. The molecule has 1 aliphatic rings. The summed E-state index contributed by atoms with van der Waals surface area (Å²) in [4.78, 5) is 8.25. The Bertz CT molecular complexity index is 558. The van der Waals surface area contributed by atoms with E-state index in [1.165, 1.54) is 24.2 Å². The van der Waals surface area contributed by atoms with E-state index in [0.29, 0.717) is 5.92 Å². The Hall–Kier alpha value is -1.13. The second-order valence-electron chi connectivity index (χ2n) is 4.73. The van der Waals surface area contributed by atoms with Gasteiger partial charge >= 0.3 is 0 Å². The zero-order valence-corrected chi connectivity index (χ0v) is 11.9. The van der Waals surface area contributed by atoms with Gasteiger partial charge in [-0.1, -0.05) is 34.1 Å². The minimum atomic E-state index is 0.667. The van der Waals surface area contributed by atoms with Gasteiger partial charge in [0.05, 0.1) is 11.4 Å². The number of nitrogens with zero attached hydrogens (tertiary/aromatic N) is 1. The molecule has 4 heteroatoms. The standard InChI is InChI=1S/C14H16BrN3/c1-16-8-12-13(9-6-7-9)18-14(17-12)10-4-2-3-5-11(10)15/h2-5,9,16H,6-8H2,1H3,(H,17,18). The van der Waals surface area contributed by atoms with Gasteiger partial charge in [-0.05, 0) is 26.0 Å². The molecule has 1 saturated carbocycles. The highest BCUT2D eigenvalue weighted by Gasteiger charge is 2.29. The summed E-state index contributed by atoms with van der Waals surface area (Å²) < 4.78 is 1.08. The van der Waals surface area contributed by atoms with Crippen molar-refractivity contribution < 1.29 is 0 Å². The maximum absolute atomic E-state index is 4.80. The van der Waals surface area contributed by atoms with Gasteiger partial charge < -0.3 is 10.3 Å². The van der Waals surface area contributed by atoms with Crippen molar-refractivity contribution in [3.63, 3.8) is 0 Å². The first-order valence-electron chi connectivity index (χ1n) is 6.28. The van der Waals surface area contributed by atoms with E-state index in [1.807, 2.05) is 25.2 Å². The molecular formula is C14H16BrN3. The van der Waals surface area contributed by atoms with Gasteiger partial charge in [-0.25, -0.2) is 4.98 Å². The summed E-state index contributed by atoms with van der Waals surface area (Å²) >= 11 is 3.58. The quantitative estimate of drug-likeness (QED) is 0.908. The van der Waals surface area contributed by atoms with Crippen LogP contribution in [-0.2, 0) is 6.54 Å². The van der Waals surface area contributed by atoms with Crippen LogP contribution in [0.2, 0.25) is 0 Å². The van der Waals surface area contributed by atoms with E-state index < -0.39 is 0 Å². The SMILES string of the molecule is CNCc1[nH]c(-c2ccccc2Br)nc1C1CC1. The molecule has 1 aromatic heterocycles. The lowest BCUT2D eigenvalue weighted by atomic mass is 10.2. The highest BCUT2D eigenvalue weighted by Crippen LogP contribution is 2.41. The smallest absolute Gasteiger partial charge is 0.139 e. The maximum Gasteiger partial charge on any atom is 0.139 e. The molecule has 18 heavy (non-hydrogen) atoms. The number of H-pyrrole nitrogens is 1.